The number of aliphatic hydroxyl groups excluding tert-OH is 4. The Balaban J connectivity index is 0.000000168. The molecule has 4 fully saturated rings. The van der Waals surface area contributed by atoms with Gasteiger partial charge in [0.15, 0.2) is 0 Å². The molecule has 4 aliphatic rings. The molecule has 0 saturated carbocycles. The molecular formula is C28H28N4O10. The molecule has 4 saturated heterocycles. The van der Waals surface area contributed by atoms with E-state index in [1.807, 2.05) is 0 Å². The lowest BCUT2D eigenvalue weighted by Gasteiger charge is -2.14. The maximum absolute atomic E-state index is 12.2. The van der Waals surface area contributed by atoms with Crippen molar-refractivity contribution >= 4 is 35.3 Å². The summed E-state index contributed by atoms with van der Waals surface area (Å²) in [6.45, 7) is 0.469. The van der Waals surface area contributed by atoms with Crippen LogP contribution in [0.25, 0.3) is 12.2 Å². The Labute approximate surface area is 238 Å². The van der Waals surface area contributed by atoms with Gasteiger partial charge < -0.3 is 30.2 Å². The van der Waals surface area contributed by atoms with Crippen molar-refractivity contribution in [3.8, 4) is 0 Å². The van der Waals surface area contributed by atoms with Gasteiger partial charge in [0.25, 0.3) is 23.2 Å². The molecule has 0 aliphatic carbocycles. The zero-order valence-corrected chi connectivity index (χ0v) is 22.1. The van der Waals surface area contributed by atoms with Crippen LogP contribution in [0.5, 0.6) is 0 Å². The summed E-state index contributed by atoms with van der Waals surface area (Å²) in [5.74, 6) is -0.579. The van der Waals surface area contributed by atoms with Gasteiger partial charge in [-0.3, -0.25) is 29.8 Å². The molecule has 220 valence electrons. The molecule has 14 nitrogen and oxygen atoms in total. The van der Waals surface area contributed by atoms with Crippen molar-refractivity contribution in [2.75, 3.05) is 13.1 Å². The van der Waals surface area contributed by atoms with Crippen LogP contribution < -0.4 is 0 Å². The maximum atomic E-state index is 12.2. The van der Waals surface area contributed by atoms with Crippen LogP contribution in [0.15, 0.2) is 59.7 Å². The summed E-state index contributed by atoms with van der Waals surface area (Å²) in [7, 11) is 0. The quantitative estimate of drug-likeness (QED) is 0.225. The topological polar surface area (TPSA) is 208 Å². The molecule has 2 aromatic rings. The number of carbonyl (C=O) groups excluding carboxylic acids is 2. The number of aliphatic hydroxyl groups is 4. The highest BCUT2D eigenvalue weighted by atomic mass is 16.6. The Morgan fingerprint density at radius 2 is 0.976 bits per heavy atom. The van der Waals surface area contributed by atoms with E-state index in [1.165, 1.54) is 58.3 Å². The van der Waals surface area contributed by atoms with Gasteiger partial charge in [-0.1, -0.05) is 0 Å². The Morgan fingerprint density at radius 3 is 1.26 bits per heavy atom. The molecule has 0 aromatic heterocycles. The number of nitro benzene ring substituents is 2. The van der Waals surface area contributed by atoms with Crippen molar-refractivity contribution in [3.63, 3.8) is 0 Å². The minimum Gasteiger partial charge on any atom is -0.391 e. The van der Waals surface area contributed by atoms with Crippen LogP contribution in [0.2, 0.25) is 0 Å². The number of hydrogen-bond acceptors (Lipinski definition) is 10. The first kappa shape index (κ1) is 29.0. The highest BCUT2D eigenvalue weighted by Gasteiger charge is 2.49. The number of non-ortho nitro benzene ring substituents is 2. The van der Waals surface area contributed by atoms with Crippen molar-refractivity contribution in [1.82, 2.24) is 9.80 Å². The minimum absolute atomic E-state index is 0.0285. The Morgan fingerprint density at radius 1 is 0.643 bits per heavy atom. The molecule has 6 atom stereocenters. The van der Waals surface area contributed by atoms with Crippen LogP contribution in [-0.4, -0.2) is 101 Å². The third-order valence-corrected chi connectivity index (χ3v) is 7.88. The third kappa shape index (κ3) is 5.52. The van der Waals surface area contributed by atoms with E-state index in [4.69, 9.17) is 0 Å². The number of nitro groups is 2. The molecule has 2 aromatic carbocycles. The number of benzene rings is 2. The summed E-state index contributed by atoms with van der Waals surface area (Å²) >= 11 is 0. The molecule has 0 spiro atoms. The molecule has 0 unspecified atom stereocenters. The van der Waals surface area contributed by atoms with Gasteiger partial charge >= 0.3 is 0 Å². The van der Waals surface area contributed by atoms with Gasteiger partial charge in [0.05, 0.1) is 34.1 Å². The highest BCUT2D eigenvalue weighted by molar-refractivity contribution is 6.02. The van der Waals surface area contributed by atoms with Gasteiger partial charge in [0, 0.05) is 48.5 Å². The van der Waals surface area contributed by atoms with Crippen molar-refractivity contribution < 1.29 is 39.9 Å². The number of rotatable bonds is 4. The monoisotopic (exact) mass is 580 g/mol. The Hall–Kier alpha value is -4.50. The normalized spacial score (nSPS) is 30.0. The summed E-state index contributed by atoms with van der Waals surface area (Å²) in [6.07, 6.45) is 0.761. The number of hydrogen-bond donors (Lipinski definition) is 4. The van der Waals surface area contributed by atoms with E-state index in [0.29, 0.717) is 24.0 Å². The van der Waals surface area contributed by atoms with Crippen molar-refractivity contribution in [2.45, 2.75) is 49.3 Å². The smallest absolute Gasteiger partial charge is 0.269 e. The fourth-order valence-corrected chi connectivity index (χ4v) is 5.79. The fraction of sp³-hybridized carbons (Fsp3) is 0.357. The second-order valence-corrected chi connectivity index (χ2v) is 10.6. The van der Waals surface area contributed by atoms with E-state index in [2.05, 4.69) is 0 Å². The molecule has 4 aliphatic heterocycles. The zero-order valence-electron chi connectivity index (χ0n) is 22.1. The van der Waals surface area contributed by atoms with Crippen molar-refractivity contribution in [1.29, 1.82) is 0 Å². The molecule has 4 N–H and O–H groups in total. The second kappa shape index (κ2) is 11.4. The van der Waals surface area contributed by atoms with Gasteiger partial charge in [-0.2, -0.15) is 0 Å². The molecule has 0 bridgehead atoms. The van der Waals surface area contributed by atoms with Crippen LogP contribution in [0.4, 0.5) is 11.4 Å². The number of fused-ring (bicyclic) bond motifs is 2. The van der Waals surface area contributed by atoms with E-state index in [-0.39, 0.29) is 59.5 Å². The Bertz CT molecular complexity index is 1360. The number of amides is 2. The Kier molecular flexibility index (Phi) is 7.88. The largest absolute Gasteiger partial charge is 0.391 e. The summed E-state index contributed by atoms with van der Waals surface area (Å²) < 4.78 is 0. The fourth-order valence-electron chi connectivity index (χ4n) is 5.79. The van der Waals surface area contributed by atoms with E-state index < -0.39 is 34.3 Å². The van der Waals surface area contributed by atoms with E-state index >= 15 is 0 Å². The van der Waals surface area contributed by atoms with E-state index in [0.717, 1.165) is 0 Å². The third-order valence-electron chi connectivity index (χ3n) is 7.88. The van der Waals surface area contributed by atoms with Crippen LogP contribution >= 0.6 is 0 Å². The first-order chi connectivity index (χ1) is 19.9. The summed E-state index contributed by atoms with van der Waals surface area (Å²) in [5.41, 5.74) is 1.70. The predicted octanol–water partition coefficient (Wildman–Crippen LogP) is 0.629. The van der Waals surface area contributed by atoms with E-state index in [1.54, 1.807) is 12.2 Å². The molecule has 4 heterocycles. The SMILES string of the molecule is O=C1/C(=C/c2ccc([N+](=O)[O-])cc2)[C@H](O)[C@H]2C[C@@H](O)CN12.O=C1/C(=C/c2ccc([N+](=O)[O-])cc2)[C@H](O)[C@H]2C[C@@H](O)CN12. The number of nitrogens with zero attached hydrogens (tertiary/aromatic N) is 4. The van der Waals surface area contributed by atoms with Gasteiger partial charge in [-0.05, 0) is 60.4 Å². The average Bonchev–Trinajstić information content (AvgIpc) is 3.66. The molecule has 6 rings (SSSR count). The van der Waals surface area contributed by atoms with Crippen molar-refractivity contribution in [2.24, 2.45) is 0 Å². The highest BCUT2D eigenvalue weighted by Crippen LogP contribution is 2.35. The lowest BCUT2D eigenvalue weighted by Crippen LogP contribution is -2.30. The molecule has 42 heavy (non-hydrogen) atoms. The van der Waals surface area contributed by atoms with Gasteiger partial charge in [-0.25, -0.2) is 0 Å². The summed E-state index contributed by atoms with van der Waals surface area (Å²) in [6, 6.07) is 10.8. The molecule has 14 heteroatoms. The molecular weight excluding hydrogens is 552 g/mol. The molecule has 0 radical (unpaired) electrons. The minimum atomic E-state index is -0.940. The van der Waals surface area contributed by atoms with Gasteiger partial charge in [0.1, 0.15) is 12.2 Å². The first-order valence-corrected chi connectivity index (χ1v) is 13.2. The van der Waals surface area contributed by atoms with E-state index in [9.17, 15) is 50.2 Å². The van der Waals surface area contributed by atoms with Crippen LogP contribution in [0.3, 0.4) is 0 Å². The standard InChI is InChI=1S/2C14H14N2O5/c2*17-10-6-12-13(18)11(14(19)15(12)7-10)5-8-1-3-9(4-2-8)16(20)21/h2*1-5,10,12-13,17-18H,6-7H2/b2*11-5+/t2*10-,12-,13+/m11/s1. The van der Waals surface area contributed by atoms with Crippen LogP contribution in [-0.2, 0) is 9.59 Å². The predicted molar refractivity (Wildman–Crippen MR) is 146 cm³/mol. The van der Waals surface area contributed by atoms with Crippen molar-refractivity contribution in [3.05, 3.63) is 91.0 Å². The zero-order chi connectivity index (χ0) is 30.3. The first-order valence-electron chi connectivity index (χ1n) is 13.2. The van der Waals surface area contributed by atoms with Crippen LogP contribution in [0.1, 0.15) is 24.0 Å². The summed E-state index contributed by atoms with van der Waals surface area (Å²) in [5, 5.41) is 60.7. The average molecular weight is 581 g/mol. The maximum Gasteiger partial charge on any atom is 0.269 e. The lowest BCUT2D eigenvalue weighted by molar-refractivity contribution is -0.385. The second-order valence-electron chi connectivity index (χ2n) is 10.6. The molecule has 2 amide bonds. The van der Waals surface area contributed by atoms with Gasteiger partial charge in [-0.15, -0.1) is 0 Å². The van der Waals surface area contributed by atoms with Crippen LogP contribution in [0, 0.1) is 20.2 Å². The summed E-state index contributed by atoms with van der Waals surface area (Å²) in [4.78, 5) is 47.5. The van der Waals surface area contributed by atoms with Gasteiger partial charge in [0.2, 0.25) is 0 Å². The number of carbonyl (C=O) groups is 2. The lowest BCUT2D eigenvalue weighted by atomic mass is 10.0.